The Hall–Kier alpha value is -2.07. The molecule has 6 nitrogen and oxygen atoms in total. The van der Waals surface area contributed by atoms with Gasteiger partial charge >= 0.3 is 6.18 Å². The number of anilines is 1. The summed E-state index contributed by atoms with van der Waals surface area (Å²) in [6.07, 6.45) is -4.55. The third-order valence-electron chi connectivity index (χ3n) is 2.61. The smallest absolute Gasteiger partial charge is 0.309 e. The highest BCUT2D eigenvalue weighted by Gasteiger charge is 2.33. The molecule has 0 saturated carbocycles. The predicted molar refractivity (Wildman–Crippen MR) is 91.2 cm³/mol. The zero-order valence-electron chi connectivity index (χ0n) is 13.5. The molecule has 2 rings (SSSR count). The average molecular weight is 394 g/mol. The van der Waals surface area contributed by atoms with Gasteiger partial charge < -0.3 is 5.32 Å². The molecule has 136 valence electrons. The molecule has 2 aromatic rings. The van der Waals surface area contributed by atoms with Crippen molar-refractivity contribution in [1.29, 1.82) is 0 Å². The second-order valence-electron chi connectivity index (χ2n) is 5.98. The molecule has 1 amide bonds. The standard InChI is InChI=1S/C14H15ClF3N5OS/c1-13(2,3)21-12(20-11(24)7-4-5-9(15)25-7)19-10-6-8(22-23-10)14(16,17)18/h4-6H,1-3H3,(H3,19,20,21,22,23,24). The van der Waals surface area contributed by atoms with Gasteiger partial charge in [0.25, 0.3) is 5.91 Å². The van der Waals surface area contributed by atoms with E-state index in [1.165, 1.54) is 6.07 Å². The topological polar surface area (TPSA) is 82.2 Å². The fourth-order valence-electron chi connectivity index (χ4n) is 1.68. The normalized spacial score (nSPS) is 13.0. The van der Waals surface area contributed by atoms with Crippen molar-refractivity contribution in [2.45, 2.75) is 32.5 Å². The number of hydrogen-bond donors (Lipinski definition) is 3. The summed E-state index contributed by atoms with van der Waals surface area (Å²) in [5, 5.41) is 10.5. The Bertz CT molecular complexity index is 791. The molecule has 0 radical (unpaired) electrons. The summed E-state index contributed by atoms with van der Waals surface area (Å²) in [5.41, 5.74) is -1.60. The van der Waals surface area contributed by atoms with Gasteiger partial charge in [-0.1, -0.05) is 11.6 Å². The number of hydrogen-bond acceptors (Lipinski definition) is 4. The van der Waals surface area contributed by atoms with E-state index in [1.54, 1.807) is 26.8 Å². The van der Waals surface area contributed by atoms with Crippen LogP contribution in [0.15, 0.2) is 23.2 Å². The maximum Gasteiger partial charge on any atom is 0.432 e. The van der Waals surface area contributed by atoms with Crippen molar-refractivity contribution in [3.63, 3.8) is 0 Å². The van der Waals surface area contributed by atoms with Crippen LogP contribution in [0.4, 0.5) is 19.0 Å². The van der Waals surface area contributed by atoms with Crippen molar-refractivity contribution >= 4 is 40.6 Å². The molecule has 0 aliphatic rings. The number of alkyl halides is 3. The third-order valence-corrected chi connectivity index (χ3v) is 3.84. The lowest BCUT2D eigenvalue weighted by atomic mass is 10.1. The minimum atomic E-state index is -4.55. The number of aromatic amines is 1. The highest BCUT2D eigenvalue weighted by Crippen LogP contribution is 2.28. The number of halogens is 4. The Labute approximate surface area is 150 Å². The largest absolute Gasteiger partial charge is 0.432 e. The van der Waals surface area contributed by atoms with Crippen LogP contribution in [-0.4, -0.2) is 27.6 Å². The van der Waals surface area contributed by atoms with E-state index in [2.05, 4.69) is 20.7 Å². The molecule has 0 unspecified atom stereocenters. The summed E-state index contributed by atoms with van der Waals surface area (Å²) in [4.78, 5) is 16.8. The monoisotopic (exact) mass is 393 g/mol. The molecular formula is C14H15ClF3N5OS. The fraction of sp³-hybridized carbons (Fsp3) is 0.357. The summed E-state index contributed by atoms with van der Waals surface area (Å²) in [6, 6.07) is 3.89. The van der Waals surface area contributed by atoms with Gasteiger partial charge in [-0.05, 0) is 32.9 Å². The number of nitrogens with one attached hydrogen (secondary N) is 3. The van der Waals surface area contributed by atoms with E-state index < -0.39 is 23.3 Å². The molecule has 3 N–H and O–H groups in total. The predicted octanol–water partition coefficient (Wildman–Crippen LogP) is 4.14. The molecule has 11 heteroatoms. The van der Waals surface area contributed by atoms with Crippen molar-refractivity contribution < 1.29 is 18.0 Å². The van der Waals surface area contributed by atoms with Crippen LogP contribution in [0.1, 0.15) is 36.1 Å². The fourth-order valence-corrected chi connectivity index (χ4v) is 2.62. The first-order chi connectivity index (χ1) is 11.4. The van der Waals surface area contributed by atoms with Crippen LogP contribution in [-0.2, 0) is 6.18 Å². The average Bonchev–Trinajstić information content (AvgIpc) is 3.05. The number of aliphatic imine (C=N–C) groups is 1. The van der Waals surface area contributed by atoms with Gasteiger partial charge in [-0.25, -0.2) is 4.99 Å². The highest BCUT2D eigenvalue weighted by atomic mass is 35.5. The SMILES string of the molecule is CC(C)(C)N=C(NC(=O)c1ccc(Cl)s1)Nc1cc(C(F)(F)F)[nH]n1. The summed E-state index contributed by atoms with van der Waals surface area (Å²) < 4.78 is 38.3. The van der Waals surface area contributed by atoms with E-state index >= 15 is 0 Å². The van der Waals surface area contributed by atoms with Crippen LogP contribution in [0.5, 0.6) is 0 Å². The van der Waals surface area contributed by atoms with Gasteiger partial charge in [-0.3, -0.25) is 15.2 Å². The maximum absolute atomic E-state index is 12.6. The minimum Gasteiger partial charge on any atom is -0.309 e. The molecule has 0 aromatic carbocycles. The molecule has 0 aliphatic heterocycles. The lowest BCUT2D eigenvalue weighted by molar-refractivity contribution is -0.141. The summed E-state index contributed by atoms with van der Waals surface area (Å²) in [7, 11) is 0. The highest BCUT2D eigenvalue weighted by molar-refractivity contribution is 7.18. The summed E-state index contributed by atoms with van der Waals surface area (Å²) in [6.45, 7) is 5.32. The van der Waals surface area contributed by atoms with Crippen molar-refractivity contribution in [3.8, 4) is 0 Å². The van der Waals surface area contributed by atoms with Crippen molar-refractivity contribution in [1.82, 2.24) is 15.5 Å². The molecule has 2 heterocycles. The first-order valence-electron chi connectivity index (χ1n) is 7.00. The number of aromatic nitrogens is 2. The van der Waals surface area contributed by atoms with Crippen molar-refractivity contribution in [3.05, 3.63) is 33.1 Å². The molecule has 25 heavy (non-hydrogen) atoms. The van der Waals surface area contributed by atoms with Gasteiger partial charge in [-0.2, -0.15) is 18.3 Å². The van der Waals surface area contributed by atoms with Crippen LogP contribution in [0.2, 0.25) is 4.34 Å². The van der Waals surface area contributed by atoms with Crippen LogP contribution in [0.3, 0.4) is 0 Å². The van der Waals surface area contributed by atoms with Gasteiger partial charge in [0, 0.05) is 6.07 Å². The van der Waals surface area contributed by atoms with E-state index in [4.69, 9.17) is 11.6 Å². The minimum absolute atomic E-state index is 0.0257. The van der Waals surface area contributed by atoms with Crippen molar-refractivity contribution in [2.24, 2.45) is 4.99 Å². The van der Waals surface area contributed by atoms with Gasteiger partial charge in [0.2, 0.25) is 5.96 Å². The molecule has 2 aromatic heterocycles. The zero-order chi connectivity index (χ0) is 18.8. The Kier molecular flexibility index (Phi) is 5.43. The van der Waals surface area contributed by atoms with Gasteiger partial charge in [0.15, 0.2) is 5.82 Å². The maximum atomic E-state index is 12.6. The number of nitrogens with zero attached hydrogens (tertiary/aromatic N) is 2. The Balaban J connectivity index is 2.21. The molecule has 0 fully saturated rings. The molecule has 0 aliphatic carbocycles. The van der Waals surface area contributed by atoms with Gasteiger partial charge in [0.1, 0.15) is 5.69 Å². The van der Waals surface area contributed by atoms with Crippen LogP contribution in [0.25, 0.3) is 0 Å². The number of amides is 1. The van der Waals surface area contributed by atoms with E-state index in [-0.39, 0.29) is 11.8 Å². The first kappa shape index (κ1) is 19.3. The molecule has 0 bridgehead atoms. The molecule has 0 saturated heterocycles. The van der Waals surface area contributed by atoms with Gasteiger partial charge in [0.05, 0.1) is 14.8 Å². The number of H-pyrrole nitrogens is 1. The van der Waals surface area contributed by atoms with Crippen molar-refractivity contribution in [2.75, 3.05) is 5.32 Å². The summed E-state index contributed by atoms with van der Waals surface area (Å²) in [5.74, 6) is -0.638. The number of rotatable bonds is 2. The number of carbonyl (C=O) groups excluding carboxylic acids is 1. The molecule has 0 atom stereocenters. The Morgan fingerprint density at radius 1 is 1.32 bits per heavy atom. The third kappa shape index (κ3) is 5.75. The lowest BCUT2D eigenvalue weighted by Crippen LogP contribution is -2.37. The zero-order valence-corrected chi connectivity index (χ0v) is 15.0. The quantitative estimate of drug-likeness (QED) is 0.529. The van der Waals surface area contributed by atoms with Gasteiger partial charge in [-0.15, -0.1) is 11.3 Å². The number of carbonyl (C=O) groups is 1. The lowest BCUT2D eigenvalue weighted by Gasteiger charge is -2.16. The Morgan fingerprint density at radius 3 is 2.48 bits per heavy atom. The van der Waals surface area contributed by atoms with Crippen LogP contribution >= 0.6 is 22.9 Å². The first-order valence-corrected chi connectivity index (χ1v) is 8.20. The van der Waals surface area contributed by atoms with E-state index in [1.807, 2.05) is 5.10 Å². The van der Waals surface area contributed by atoms with Crippen LogP contribution < -0.4 is 10.6 Å². The second-order valence-corrected chi connectivity index (χ2v) is 7.69. The number of guanidine groups is 1. The van der Waals surface area contributed by atoms with Crippen LogP contribution in [0, 0.1) is 0 Å². The van der Waals surface area contributed by atoms with E-state index in [0.717, 1.165) is 17.4 Å². The number of thiophene rings is 1. The van der Waals surface area contributed by atoms with E-state index in [0.29, 0.717) is 9.21 Å². The molecular weight excluding hydrogens is 379 g/mol. The second kappa shape index (κ2) is 7.04. The van der Waals surface area contributed by atoms with E-state index in [9.17, 15) is 18.0 Å². The Morgan fingerprint density at radius 2 is 2.00 bits per heavy atom. The molecule has 0 spiro atoms. The summed E-state index contributed by atoms with van der Waals surface area (Å²) >= 11 is 6.86.